The van der Waals surface area contributed by atoms with E-state index in [-0.39, 0.29) is 34.8 Å². The lowest BCUT2D eigenvalue weighted by molar-refractivity contribution is -0.143. The van der Waals surface area contributed by atoms with Crippen molar-refractivity contribution in [2.75, 3.05) is 5.34 Å². The second-order valence-corrected chi connectivity index (χ2v) is 26.0. The maximum Gasteiger partial charge on any atom is 0.314 e. The number of carboxylic acids is 1. The number of aliphatic carboxylic acids is 1. The van der Waals surface area contributed by atoms with Crippen molar-refractivity contribution in [3.63, 3.8) is 0 Å². The summed E-state index contributed by atoms with van der Waals surface area (Å²) < 4.78 is 63.2. The molecular formula is C67H104Cl2F4O5. The highest BCUT2D eigenvalue weighted by Crippen LogP contribution is 2.47. The summed E-state index contributed by atoms with van der Waals surface area (Å²) in [5, 5.41) is 18.3. The fraction of sp³-hybridized carbons (Fsp3) is 0.791. The summed E-state index contributed by atoms with van der Waals surface area (Å²) in [5.41, 5.74) is 0.922. The second kappa shape index (κ2) is 36.1. The Bertz CT molecular complexity index is 1990. The molecular weight excluding hydrogens is 1030 g/mol. The number of carbonyl (C=O) groups excluding carboxylic acids is 1. The van der Waals surface area contributed by atoms with Crippen LogP contribution >= 0.6 is 23.2 Å². The zero-order chi connectivity index (χ0) is 56.4. The predicted octanol–water partition coefficient (Wildman–Crippen LogP) is 21.6. The van der Waals surface area contributed by atoms with Crippen LogP contribution in [-0.2, 0) is 9.59 Å². The summed E-state index contributed by atoms with van der Waals surface area (Å²) in [6.45, 7) is 9.00. The highest BCUT2D eigenvalue weighted by molar-refractivity contribution is 6.40. The quantitative estimate of drug-likeness (QED) is 0.0481. The first-order valence-electron chi connectivity index (χ1n) is 32.0. The second-order valence-electron chi connectivity index (χ2n) is 25.2. The summed E-state index contributed by atoms with van der Waals surface area (Å²) in [6, 6.07) is 6.01. The van der Waals surface area contributed by atoms with Gasteiger partial charge in [-0.05, 0) is 211 Å². The molecule has 5 nitrogen and oxygen atoms in total. The molecule has 78 heavy (non-hydrogen) atoms. The van der Waals surface area contributed by atoms with Gasteiger partial charge in [0.1, 0.15) is 0 Å². The Morgan fingerprint density at radius 2 is 0.795 bits per heavy atom. The van der Waals surface area contributed by atoms with Gasteiger partial charge in [-0.25, -0.2) is 8.78 Å². The summed E-state index contributed by atoms with van der Waals surface area (Å²) in [5.74, 6) is 0.930. The number of unbranched alkanes of at least 4 members (excludes halogenated alkanes) is 4. The molecule has 2 aromatic carbocycles. The SMILES string of the molecule is CCCC1CCC(C2CCC(c3ccc(O)c(F)c3F)CC2)CC1.CCCCCC1CCC(C(=O)O)CC1.CCCCCC1CCC(C(=O)Oc2ccc(C3CCC(C4CCC(CCC)CC4)CC3)c(F)c2F)CC1.ClCCl. The van der Waals surface area contributed by atoms with Gasteiger partial charge in [-0.3, -0.25) is 9.59 Å². The smallest absolute Gasteiger partial charge is 0.314 e. The highest BCUT2D eigenvalue weighted by atomic mass is 35.5. The zero-order valence-electron chi connectivity index (χ0n) is 48.8. The fourth-order valence-electron chi connectivity index (χ4n) is 15.3. The van der Waals surface area contributed by atoms with Gasteiger partial charge in [0.25, 0.3) is 0 Å². The Labute approximate surface area is 480 Å². The van der Waals surface area contributed by atoms with Gasteiger partial charge in [-0.1, -0.05) is 143 Å². The summed E-state index contributed by atoms with van der Waals surface area (Å²) in [6.07, 6.45) is 42.5. The Morgan fingerprint density at radius 3 is 1.18 bits per heavy atom. The molecule has 0 aliphatic heterocycles. The van der Waals surface area contributed by atoms with Gasteiger partial charge in [0.2, 0.25) is 11.6 Å². The number of phenols is 1. The first-order valence-corrected chi connectivity index (χ1v) is 33.0. The third-order valence-corrected chi connectivity index (χ3v) is 20.1. The molecule has 0 aromatic heterocycles. The number of carbonyl (C=O) groups is 2. The van der Waals surface area contributed by atoms with Crippen LogP contribution in [0.25, 0.3) is 0 Å². The normalized spacial score (nSPS) is 29.3. The average molecular weight is 1140 g/mol. The molecule has 0 spiro atoms. The van der Waals surface area contributed by atoms with E-state index in [0.717, 1.165) is 144 Å². The largest absolute Gasteiger partial charge is 0.505 e. The molecule has 444 valence electrons. The Morgan fingerprint density at radius 1 is 0.449 bits per heavy atom. The number of aromatic hydroxyl groups is 1. The number of carboxylic acid groups (broad SMARTS) is 1. The van der Waals surface area contributed by atoms with E-state index >= 15 is 4.39 Å². The van der Waals surface area contributed by atoms with E-state index in [9.17, 15) is 27.9 Å². The van der Waals surface area contributed by atoms with Crippen molar-refractivity contribution in [3.8, 4) is 11.5 Å². The Hall–Kier alpha value is -2.52. The van der Waals surface area contributed by atoms with Crippen LogP contribution in [0, 0.1) is 82.4 Å². The highest BCUT2D eigenvalue weighted by Gasteiger charge is 2.35. The van der Waals surface area contributed by atoms with E-state index in [1.165, 1.54) is 141 Å². The molecule has 2 aromatic rings. The summed E-state index contributed by atoms with van der Waals surface area (Å²) in [7, 11) is 0. The third kappa shape index (κ3) is 21.0. The maximum atomic E-state index is 15.1. The zero-order valence-corrected chi connectivity index (χ0v) is 50.3. The van der Waals surface area contributed by atoms with Gasteiger partial charge >= 0.3 is 11.9 Å². The van der Waals surface area contributed by atoms with E-state index in [4.69, 9.17) is 33.0 Å². The topological polar surface area (TPSA) is 83.8 Å². The minimum atomic E-state index is -1.09. The maximum absolute atomic E-state index is 15.1. The first-order chi connectivity index (χ1) is 37.7. The van der Waals surface area contributed by atoms with Crippen molar-refractivity contribution in [3.05, 3.63) is 58.7 Å². The third-order valence-electron chi connectivity index (χ3n) is 20.1. The van der Waals surface area contributed by atoms with Gasteiger partial charge < -0.3 is 14.9 Å². The molecule has 6 aliphatic rings. The van der Waals surface area contributed by atoms with Gasteiger partial charge in [0, 0.05) is 0 Å². The number of hydrogen-bond donors (Lipinski definition) is 2. The van der Waals surface area contributed by atoms with Crippen LogP contribution < -0.4 is 4.74 Å². The van der Waals surface area contributed by atoms with Crippen molar-refractivity contribution in [1.82, 2.24) is 0 Å². The Kier molecular flexibility index (Phi) is 30.7. The number of hydrogen-bond acceptors (Lipinski definition) is 4. The molecule has 6 saturated carbocycles. The Balaban J connectivity index is 0.000000233. The van der Waals surface area contributed by atoms with Crippen molar-refractivity contribution < 1.29 is 42.1 Å². The molecule has 6 aliphatic carbocycles. The molecule has 11 heteroatoms. The molecule has 0 amide bonds. The molecule has 2 N–H and O–H groups in total. The van der Waals surface area contributed by atoms with Gasteiger partial charge in [-0.15, -0.1) is 23.2 Å². The van der Waals surface area contributed by atoms with Crippen LogP contribution in [0.4, 0.5) is 17.6 Å². The average Bonchev–Trinajstić information content (AvgIpc) is 3.47. The number of alkyl halides is 2. The number of halogens is 6. The monoisotopic (exact) mass is 1130 g/mol. The molecule has 0 radical (unpaired) electrons. The number of benzene rings is 2. The van der Waals surface area contributed by atoms with Crippen molar-refractivity contribution in [2.24, 2.45) is 59.2 Å². The van der Waals surface area contributed by atoms with E-state index in [1.807, 2.05) is 0 Å². The van der Waals surface area contributed by atoms with Crippen LogP contribution in [0.1, 0.15) is 282 Å². The van der Waals surface area contributed by atoms with E-state index in [1.54, 1.807) is 12.1 Å². The first kappa shape index (κ1) is 66.3. The van der Waals surface area contributed by atoms with E-state index in [2.05, 4.69) is 27.7 Å². The van der Waals surface area contributed by atoms with E-state index < -0.39 is 41.0 Å². The van der Waals surface area contributed by atoms with Crippen LogP contribution in [0.3, 0.4) is 0 Å². The van der Waals surface area contributed by atoms with Crippen LogP contribution in [0.5, 0.6) is 11.5 Å². The van der Waals surface area contributed by atoms with Crippen molar-refractivity contribution in [1.29, 1.82) is 0 Å². The lowest BCUT2D eigenvalue weighted by Crippen LogP contribution is -2.26. The van der Waals surface area contributed by atoms with Gasteiger partial charge in [0.15, 0.2) is 23.1 Å². The molecule has 6 fully saturated rings. The van der Waals surface area contributed by atoms with Crippen LogP contribution in [0.2, 0.25) is 0 Å². The number of rotatable bonds is 19. The fourth-order valence-corrected chi connectivity index (χ4v) is 15.3. The lowest BCUT2D eigenvalue weighted by Gasteiger charge is -2.38. The molecule has 0 bridgehead atoms. The summed E-state index contributed by atoms with van der Waals surface area (Å²) >= 11 is 9.53. The minimum Gasteiger partial charge on any atom is -0.505 e. The van der Waals surface area contributed by atoms with E-state index in [0.29, 0.717) is 17.0 Å². The van der Waals surface area contributed by atoms with Crippen LogP contribution in [0.15, 0.2) is 24.3 Å². The number of phenolic OH excluding ortho intramolecular Hbond substituents is 1. The molecule has 0 unspecified atom stereocenters. The molecule has 8 rings (SSSR count). The number of esters is 1. The summed E-state index contributed by atoms with van der Waals surface area (Å²) in [4.78, 5) is 23.4. The van der Waals surface area contributed by atoms with Crippen molar-refractivity contribution >= 4 is 35.1 Å². The molecule has 0 atom stereocenters. The predicted molar refractivity (Wildman–Crippen MR) is 314 cm³/mol. The number of ether oxygens (including phenoxy) is 1. The van der Waals surface area contributed by atoms with Crippen molar-refractivity contribution in [2.45, 2.75) is 271 Å². The minimum absolute atomic E-state index is 0.0441. The molecule has 0 heterocycles. The lowest BCUT2D eigenvalue weighted by atomic mass is 9.68. The standard InChI is InChI=1S/C33H50F2O2.C21H30F2O.C12H22O2.CH2Cl2/c1-3-5-6-8-24-11-15-28(16-12-24)33(36)37-30-22-21-29(31(34)32(30)35)27-19-17-26(18-20-27)25-13-9-23(7-4-2)10-14-25;1-2-3-14-4-6-15(7-5-14)16-8-10-17(11-9-16)18-12-13-19(24)21(23)20(18)22;1-2-3-4-5-10-6-8-11(9-7-10)12(13)14;2-1-3/h21-28H,3-20H2,1-2H3;12-17,24H,2-11H2,1H3;10-11H,2-9H2,1H3,(H,13,14);1H2. The van der Waals surface area contributed by atoms with Crippen LogP contribution in [-0.4, -0.2) is 27.5 Å². The van der Waals surface area contributed by atoms with Gasteiger partial charge in [-0.2, -0.15) is 8.78 Å². The van der Waals surface area contributed by atoms with Gasteiger partial charge in [0.05, 0.1) is 17.2 Å². The molecule has 0 saturated heterocycles.